The fraction of sp³-hybridized carbons (Fsp3) is 0.250. The van der Waals surface area contributed by atoms with Gasteiger partial charge < -0.3 is 14.6 Å². The molecule has 0 bridgehead atoms. The molecule has 3 aromatic heterocycles. The standard InChI is InChI=1S/C24H20N6O2S/c1-14-7-18(17-5-6-26-21(17)27-14)20-19(16-4-2-3-15(8-16)9-25)28-22(33-20)29-23(31)30-10-24(11-30)12-32-13-24/h2-8H,10-13H2,1H3,(H,26,27)(H,28,29,31). The number of carbonyl (C=O) groups excluding carboxylic acids is 1. The van der Waals surface area contributed by atoms with E-state index in [1.165, 1.54) is 11.3 Å². The number of hydrogen-bond acceptors (Lipinski definition) is 6. The second-order valence-corrected chi connectivity index (χ2v) is 9.72. The largest absolute Gasteiger partial charge is 0.380 e. The van der Waals surface area contributed by atoms with Crippen LogP contribution in [0.25, 0.3) is 32.7 Å². The molecule has 9 heteroatoms. The molecule has 5 heterocycles. The van der Waals surface area contributed by atoms with Crippen molar-refractivity contribution in [2.24, 2.45) is 5.41 Å². The molecular formula is C24H20N6O2S. The van der Waals surface area contributed by atoms with Crippen molar-refractivity contribution in [2.45, 2.75) is 6.92 Å². The molecular weight excluding hydrogens is 436 g/mol. The van der Waals surface area contributed by atoms with E-state index in [0.717, 1.165) is 51.6 Å². The lowest BCUT2D eigenvalue weighted by Crippen LogP contribution is -2.67. The minimum Gasteiger partial charge on any atom is -0.380 e. The van der Waals surface area contributed by atoms with Crippen LogP contribution in [0.4, 0.5) is 9.93 Å². The fourth-order valence-corrected chi connectivity index (χ4v) is 5.50. The van der Waals surface area contributed by atoms with Crippen molar-refractivity contribution in [1.29, 1.82) is 5.26 Å². The van der Waals surface area contributed by atoms with Crippen molar-refractivity contribution in [2.75, 3.05) is 31.6 Å². The summed E-state index contributed by atoms with van der Waals surface area (Å²) in [7, 11) is 0. The maximum Gasteiger partial charge on any atom is 0.323 e. The summed E-state index contributed by atoms with van der Waals surface area (Å²) in [6, 6.07) is 13.4. The third-order valence-corrected chi connectivity index (χ3v) is 7.17. The number of thiazole rings is 1. The number of nitrogens with zero attached hydrogens (tertiary/aromatic N) is 4. The van der Waals surface area contributed by atoms with Gasteiger partial charge in [-0.05, 0) is 31.2 Å². The monoisotopic (exact) mass is 456 g/mol. The zero-order valence-corrected chi connectivity index (χ0v) is 18.7. The molecule has 33 heavy (non-hydrogen) atoms. The molecule has 2 saturated heterocycles. The van der Waals surface area contributed by atoms with E-state index in [1.54, 1.807) is 11.0 Å². The third kappa shape index (κ3) is 3.35. The second-order valence-electron chi connectivity index (χ2n) is 8.72. The number of anilines is 1. The number of amides is 2. The van der Waals surface area contributed by atoms with Gasteiger partial charge >= 0.3 is 6.03 Å². The molecule has 1 aromatic carbocycles. The number of rotatable bonds is 3. The number of carbonyl (C=O) groups is 1. The molecule has 0 radical (unpaired) electrons. The molecule has 164 valence electrons. The van der Waals surface area contributed by atoms with E-state index in [4.69, 9.17) is 9.72 Å². The quantitative estimate of drug-likeness (QED) is 0.475. The first kappa shape index (κ1) is 19.9. The van der Waals surface area contributed by atoms with Gasteiger partial charge in [-0.1, -0.05) is 23.5 Å². The lowest BCUT2D eigenvalue weighted by atomic mass is 9.78. The minimum atomic E-state index is -0.150. The average Bonchev–Trinajstić information content (AvgIpc) is 3.38. The number of ether oxygens (including phenoxy) is 1. The van der Waals surface area contributed by atoms with Gasteiger partial charge in [0.05, 0.1) is 40.8 Å². The summed E-state index contributed by atoms with van der Waals surface area (Å²) in [6.07, 6.45) is 1.87. The number of pyridine rings is 1. The highest BCUT2D eigenvalue weighted by molar-refractivity contribution is 7.19. The average molecular weight is 457 g/mol. The summed E-state index contributed by atoms with van der Waals surface area (Å²) in [5, 5.41) is 13.9. The number of aromatic amines is 1. The highest BCUT2D eigenvalue weighted by Crippen LogP contribution is 2.43. The molecule has 1 spiro atoms. The Morgan fingerprint density at radius 1 is 1.27 bits per heavy atom. The number of H-pyrrole nitrogens is 1. The van der Waals surface area contributed by atoms with Crippen molar-refractivity contribution in [3.05, 3.63) is 53.9 Å². The van der Waals surface area contributed by atoms with E-state index >= 15 is 0 Å². The van der Waals surface area contributed by atoms with Crippen molar-refractivity contribution in [3.63, 3.8) is 0 Å². The Kier molecular flexibility index (Phi) is 4.47. The van der Waals surface area contributed by atoms with E-state index in [2.05, 4.69) is 21.4 Å². The molecule has 4 aromatic rings. The van der Waals surface area contributed by atoms with Crippen molar-refractivity contribution in [1.82, 2.24) is 19.9 Å². The van der Waals surface area contributed by atoms with E-state index in [9.17, 15) is 10.1 Å². The summed E-state index contributed by atoms with van der Waals surface area (Å²) >= 11 is 1.43. The number of urea groups is 1. The van der Waals surface area contributed by atoms with Gasteiger partial charge in [-0.2, -0.15) is 5.26 Å². The van der Waals surface area contributed by atoms with E-state index in [-0.39, 0.29) is 11.4 Å². The molecule has 2 N–H and O–H groups in total. The second kappa shape index (κ2) is 7.40. The fourth-order valence-electron chi connectivity index (χ4n) is 4.49. The molecule has 0 saturated carbocycles. The summed E-state index contributed by atoms with van der Waals surface area (Å²) in [5.74, 6) is 0. The normalized spacial score (nSPS) is 16.3. The Bertz CT molecular complexity index is 1440. The van der Waals surface area contributed by atoms with Gasteiger partial charge in [0, 0.05) is 41.5 Å². The highest BCUT2D eigenvalue weighted by Gasteiger charge is 2.50. The molecule has 0 atom stereocenters. The van der Waals surface area contributed by atoms with Crippen LogP contribution in [-0.2, 0) is 4.74 Å². The van der Waals surface area contributed by atoms with Crippen LogP contribution in [0.3, 0.4) is 0 Å². The van der Waals surface area contributed by atoms with Crippen LogP contribution >= 0.6 is 11.3 Å². The highest BCUT2D eigenvalue weighted by atomic mass is 32.1. The van der Waals surface area contributed by atoms with Crippen LogP contribution in [0.1, 0.15) is 11.3 Å². The first-order valence-corrected chi connectivity index (χ1v) is 11.5. The molecule has 2 fully saturated rings. The van der Waals surface area contributed by atoms with Gasteiger partial charge in [-0.3, -0.25) is 5.32 Å². The molecule has 2 aliphatic heterocycles. The van der Waals surface area contributed by atoms with Crippen LogP contribution in [0, 0.1) is 23.7 Å². The van der Waals surface area contributed by atoms with Crippen molar-refractivity contribution >= 4 is 33.5 Å². The number of aromatic nitrogens is 3. The van der Waals surface area contributed by atoms with Crippen LogP contribution in [0.15, 0.2) is 42.6 Å². The predicted octanol–water partition coefficient (Wildman–Crippen LogP) is 4.40. The first-order chi connectivity index (χ1) is 16.0. The van der Waals surface area contributed by atoms with Crippen LogP contribution in [0.5, 0.6) is 0 Å². The SMILES string of the molecule is Cc1cc(-c2sc(NC(=O)N3CC4(COC4)C3)nc2-c2cccc(C#N)c2)c2cc[nH]c2n1. The van der Waals surface area contributed by atoms with E-state index in [0.29, 0.717) is 23.8 Å². The maximum atomic E-state index is 12.8. The molecule has 0 unspecified atom stereocenters. The number of benzene rings is 1. The van der Waals surface area contributed by atoms with Crippen LogP contribution in [-0.4, -0.2) is 52.2 Å². The number of likely N-dealkylation sites (tertiary alicyclic amines) is 1. The Hall–Kier alpha value is -3.74. The lowest BCUT2D eigenvalue weighted by Gasteiger charge is -2.54. The summed E-state index contributed by atoms with van der Waals surface area (Å²) in [4.78, 5) is 28.1. The third-order valence-electron chi connectivity index (χ3n) is 6.16. The number of aryl methyl sites for hydroxylation is 1. The van der Waals surface area contributed by atoms with Gasteiger partial charge in [-0.25, -0.2) is 14.8 Å². The Labute approximate surface area is 193 Å². The molecule has 8 nitrogen and oxygen atoms in total. The van der Waals surface area contributed by atoms with E-state index < -0.39 is 0 Å². The minimum absolute atomic E-state index is 0.150. The number of fused-ring (bicyclic) bond motifs is 1. The molecule has 6 rings (SSSR count). The number of nitrogens with one attached hydrogen (secondary N) is 2. The summed E-state index contributed by atoms with van der Waals surface area (Å²) in [5.41, 5.74) is 4.94. The van der Waals surface area contributed by atoms with Gasteiger partial charge in [0.15, 0.2) is 5.13 Å². The van der Waals surface area contributed by atoms with Gasteiger partial charge in [0.25, 0.3) is 0 Å². The Morgan fingerprint density at radius 2 is 2.12 bits per heavy atom. The molecule has 2 amide bonds. The van der Waals surface area contributed by atoms with Gasteiger partial charge in [-0.15, -0.1) is 0 Å². The van der Waals surface area contributed by atoms with Gasteiger partial charge in [0.2, 0.25) is 0 Å². The maximum absolute atomic E-state index is 12.8. The lowest BCUT2D eigenvalue weighted by molar-refractivity contribution is -0.174. The van der Waals surface area contributed by atoms with E-state index in [1.807, 2.05) is 43.5 Å². The summed E-state index contributed by atoms with van der Waals surface area (Å²) < 4.78 is 5.30. The molecule has 2 aliphatic rings. The van der Waals surface area contributed by atoms with Crippen molar-refractivity contribution in [3.8, 4) is 27.8 Å². The van der Waals surface area contributed by atoms with Crippen molar-refractivity contribution < 1.29 is 9.53 Å². The van der Waals surface area contributed by atoms with Crippen LogP contribution < -0.4 is 5.32 Å². The van der Waals surface area contributed by atoms with Gasteiger partial charge in [0.1, 0.15) is 5.65 Å². The number of hydrogen-bond donors (Lipinski definition) is 2. The Balaban J connectivity index is 1.41. The van der Waals surface area contributed by atoms with Crippen LogP contribution in [0.2, 0.25) is 0 Å². The Morgan fingerprint density at radius 3 is 2.88 bits per heavy atom. The zero-order valence-electron chi connectivity index (χ0n) is 17.9. The zero-order chi connectivity index (χ0) is 22.6. The first-order valence-electron chi connectivity index (χ1n) is 10.6. The smallest absolute Gasteiger partial charge is 0.323 e. The topological polar surface area (TPSA) is 107 Å². The number of nitriles is 1. The molecule has 0 aliphatic carbocycles. The predicted molar refractivity (Wildman–Crippen MR) is 126 cm³/mol. The summed E-state index contributed by atoms with van der Waals surface area (Å²) in [6.45, 7) is 4.83.